The molecule has 0 aliphatic rings. The van der Waals surface area contributed by atoms with E-state index in [9.17, 15) is 0 Å². The summed E-state index contributed by atoms with van der Waals surface area (Å²) >= 11 is 0. The lowest BCUT2D eigenvalue weighted by molar-refractivity contribution is 1.27. The highest BCUT2D eigenvalue weighted by Crippen LogP contribution is 2.38. The summed E-state index contributed by atoms with van der Waals surface area (Å²) in [6.07, 6.45) is 3.78. The third kappa shape index (κ3) is 5.70. The Balaban J connectivity index is 1.29. The van der Waals surface area contributed by atoms with E-state index in [1.165, 1.54) is 11.1 Å². The van der Waals surface area contributed by atoms with Gasteiger partial charge < -0.3 is 4.90 Å². The highest BCUT2D eigenvalue weighted by molar-refractivity contribution is 5.82. The summed E-state index contributed by atoms with van der Waals surface area (Å²) < 4.78 is 0. The van der Waals surface area contributed by atoms with Crippen molar-refractivity contribution >= 4 is 17.1 Å². The Hall–Kier alpha value is -5.80. The Bertz CT molecular complexity index is 1840. The van der Waals surface area contributed by atoms with Crippen LogP contribution in [-0.2, 0) is 0 Å². The summed E-state index contributed by atoms with van der Waals surface area (Å²) in [5, 5.41) is 0. The monoisotopic (exact) mass is 551 g/mol. The van der Waals surface area contributed by atoms with Crippen LogP contribution in [0.3, 0.4) is 0 Å². The molecule has 0 bridgehead atoms. The van der Waals surface area contributed by atoms with E-state index < -0.39 is 0 Å². The second-order valence-corrected chi connectivity index (χ2v) is 10.4. The highest BCUT2D eigenvalue weighted by Gasteiger charge is 2.15. The second-order valence-electron chi connectivity index (χ2n) is 10.4. The van der Waals surface area contributed by atoms with Gasteiger partial charge in [0.2, 0.25) is 0 Å². The van der Waals surface area contributed by atoms with E-state index in [1.54, 1.807) is 0 Å². The molecule has 3 nitrogen and oxygen atoms in total. The molecule has 0 saturated carbocycles. The van der Waals surface area contributed by atoms with Gasteiger partial charge in [-0.25, -0.2) is 0 Å². The van der Waals surface area contributed by atoms with Crippen molar-refractivity contribution in [3.05, 3.63) is 176 Å². The molecule has 3 heteroatoms. The summed E-state index contributed by atoms with van der Waals surface area (Å²) in [6, 6.07) is 57.0. The van der Waals surface area contributed by atoms with Gasteiger partial charge in [0.15, 0.2) is 0 Å². The van der Waals surface area contributed by atoms with Crippen LogP contribution in [0.4, 0.5) is 17.1 Å². The molecular weight excluding hydrogens is 522 g/mol. The number of aromatic nitrogens is 2. The number of hydrogen-bond donors (Lipinski definition) is 0. The van der Waals surface area contributed by atoms with Crippen molar-refractivity contribution in [3.8, 4) is 44.8 Å². The molecule has 0 atom stereocenters. The minimum atomic E-state index is 0.937. The molecule has 2 heterocycles. The molecule has 2 aromatic heterocycles. The summed E-state index contributed by atoms with van der Waals surface area (Å²) in [4.78, 5) is 11.8. The first-order chi connectivity index (χ1) is 21.3. The van der Waals surface area contributed by atoms with Crippen molar-refractivity contribution in [1.29, 1.82) is 0 Å². The third-order valence-electron chi connectivity index (χ3n) is 7.55. The van der Waals surface area contributed by atoms with Gasteiger partial charge in [0.25, 0.3) is 0 Å². The standard InChI is InChI=1S/C40H29N3/c1-4-12-30(13-5-1)32-22-24-41-39(28-32)34-16-10-20-37(26-34)43(36-18-8-3-9-19-36)38-21-11-17-35(27-38)40-29-33(23-25-42-40)31-14-6-2-7-15-31/h1-29H. The van der Waals surface area contributed by atoms with Gasteiger partial charge in [-0.15, -0.1) is 0 Å². The normalized spacial score (nSPS) is 10.8. The van der Waals surface area contributed by atoms with Crippen LogP contribution in [0.15, 0.2) is 176 Å². The fourth-order valence-electron chi connectivity index (χ4n) is 5.43. The Morgan fingerprint density at radius 1 is 0.302 bits per heavy atom. The first-order valence-electron chi connectivity index (χ1n) is 14.4. The Labute approximate surface area is 252 Å². The van der Waals surface area contributed by atoms with Crippen molar-refractivity contribution in [2.75, 3.05) is 4.90 Å². The molecule has 5 aromatic carbocycles. The van der Waals surface area contributed by atoms with Crippen LogP contribution in [-0.4, -0.2) is 9.97 Å². The summed E-state index contributed by atoms with van der Waals surface area (Å²) in [5.74, 6) is 0. The lowest BCUT2D eigenvalue weighted by Gasteiger charge is -2.26. The molecule has 0 N–H and O–H groups in total. The number of pyridine rings is 2. The zero-order valence-corrected chi connectivity index (χ0v) is 23.6. The molecule has 0 spiro atoms. The SMILES string of the molecule is c1ccc(-c2ccnc(-c3cccc(N(c4ccccc4)c4cccc(-c5cc(-c6ccccc6)ccn5)c4)c3)c2)cc1. The van der Waals surface area contributed by atoms with E-state index >= 15 is 0 Å². The maximum atomic E-state index is 4.74. The zero-order chi connectivity index (χ0) is 28.8. The fourth-order valence-corrected chi connectivity index (χ4v) is 5.43. The van der Waals surface area contributed by atoms with Crippen molar-refractivity contribution in [3.63, 3.8) is 0 Å². The van der Waals surface area contributed by atoms with Gasteiger partial charge in [0, 0.05) is 40.6 Å². The van der Waals surface area contributed by atoms with Gasteiger partial charge >= 0.3 is 0 Å². The highest BCUT2D eigenvalue weighted by atomic mass is 15.1. The predicted octanol–water partition coefficient (Wildman–Crippen LogP) is 10.6. The molecule has 0 unspecified atom stereocenters. The quantitative estimate of drug-likeness (QED) is 0.197. The number of anilines is 3. The molecule has 0 amide bonds. The molecule has 7 rings (SSSR count). The smallest absolute Gasteiger partial charge is 0.0708 e. The number of benzene rings is 5. The van der Waals surface area contributed by atoms with E-state index in [0.29, 0.717) is 0 Å². The summed E-state index contributed by atoms with van der Waals surface area (Å²) in [5.41, 5.74) is 11.8. The van der Waals surface area contributed by atoms with E-state index in [4.69, 9.17) is 9.97 Å². The Kier molecular flexibility index (Phi) is 7.27. The van der Waals surface area contributed by atoms with E-state index in [-0.39, 0.29) is 0 Å². The van der Waals surface area contributed by atoms with Crippen molar-refractivity contribution in [1.82, 2.24) is 9.97 Å². The molecule has 7 aromatic rings. The maximum absolute atomic E-state index is 4.74. The van der Waals surface area contributed by atoms with Crippen LogP contribution < -0.4 is 4.90 Å². The summed E-state index contributed by atoms with van der Waals surface area (Å²) in [6.45, 7) is 0. The van der Waals surface area contributed by atoms with Gasteiger partial charge in [-0.3, -0.25) is 9.97 Å². The summed E-state index contributed by atoms with van der Waals surface area (Å²) in [7, 11) is 0. The van der Waals surface area contributed by atoms with Crippen LogP contribution in [0.5, 0.6) is 0 Å². The van der Waals surface area contributed by atoms with Crippen molar-refractivity contribution < 1.29 is 0 Å². The molecule has 204 valence electrons. The van der Waals surface area contributed by atoms with Gasteiger partial charge in [0.1, 0.15) is 0 Å². The zero-order valence-electron chi connectivity index (χ0n) is 23.6. The minimum Gasteiger partial charge on any atom is -0.310 e. The fraction of sp³-hybridized carbons (Fsp3) is 0. The molecule has 0 aliphatic carbocycles. The van der Waals surface area contributed by atoms with Crippen LogP contribution >= 0.6 is 0 Å². The molecule has 0 aliphatic heterocycles. The van der Waals surface area contributed by atoms with Crippen LogP contribution in [0.2, 0.25) is 0 Å². The van der Waals surface area contributed by atoms with Crippen LogP contribution in [0.25, 0.3) is 44.8 Å². The Morgan fingerprint density at radius 3 is 1.16 bits per heavy atom. The molecule has 0 fully saturated rings. The minimum absolute atomic E-state index is 0.937. The first kappa shape index (κ1) is 26.1. The molecule has 43 heavy (non-hydrogen) atoms. The largest absolute Gasteiger partial charge is 0.310 e. The molecule has 0 radical (unpaired) electrons. The van der Waals surface area contributed by atoms with E-state index in [1.807, 2.05) is 30.6 Å². The first-order valence-corrected chi connectivity index (χ1v) is 14.4. The molecular formula is C40H29N3. The Morgan fingerprint density at radius 2 is 0.698 bits per heavy atom. The van der Waals surface area contributed by atoms with Gasteiger partial charge in [0.05, 0.1) is 11.4 Å². The van der Waals surface area contributed by atoms with Gasteiger partial charge in [-0.05, 0) is 82.9 Å². The maximum Gasteiger partial charge on any atom is 0.0708 e. The number of para-hydroxylation sites is 1. The lowest BCUT2D eigenvalue weighted by atomic mass is 10.0. The van der Waals surface area contributed by atoms with Gasteiger partial charge in [-0.1, -0.05) is 103 Å². The lowest BCUT2D eigenvalue weighted by Crippen LogP contribution is -2.10. The van der Waals surface area contributed by atoms with Crippen molar-refractivity contribution in [2.45, 2.75) is 0 Å². The van der Waals surface area contributed by atoms with Crippen molar-refractivity contribution in [2.24, 2.45) is 0 Å². The number of nitrogens with zero attached hydrogens (tertiary/aromatic N) is 3. The average molecular weight is 552 g/mol. The third-order valence-corrected chi connectivity index (χ3v) is 7.55. The number of hydrogen-bond acceptors (Lipinski definition) is 3. The van der Waals surface area contributed by atoms with Gasteiger partial charge in [-0.2, -0.15) is 0 Å². The molecule has 0 saturated heterocycles. The van der Waals surface area contributed by atoms with E-state index in [0.717, 1.165) is 50.7 Å². The average Bonchev–Trinajstić information content (AvgIpc) is 3.10. The van der Waals surface area contributed by atoms with Crippen LogP contribution in [0, 0.1) is 0 Å². The van der Waals surface area contributed by atoms with Crippen LogP contribution in [0.1, 0.15) is 0 Å². The number of rotatable bonds is 7. The van der Waals surface area contributed by atoms with E-state index in [2.05, 4.69) is 150 Å². The topological polar surface area (TPSA) is 29.0 Å². The predicted molar refractivity (Wildman–Crippen MR) is 178 cm³/mol. The second kappa shape index (κ2) is 12.0.